The van der Waals surface area contributed by atoms with Crippen LogP contribution in [0.3, 0.4) is 0 Å². The van der Waals surface area contributed by atoms with Gasteiger partial charge in [-0.3, -0.25) is 9.59 Å². The van der Waals surface area contributed by atoms with Crippen molar-refractivity contribution in [3.8, 4) is 11.1 Å². The number of nitrogens with one attached hydrogen (secondary N) is 1. The summed E-state index contributed by atoms with van der Waals surface area (Å²) in [6, 6.07) is 16.2. The first kappa shape index (κ1) is 22.2. The molecule has 2 aliphatic rings. The van der Waals surface area contributed by atoms with Gasteiger partial charge >= 0.3 is 12.1 Å². The van der Waals surface area contributed by atoms with Crippen LogP contribution in [0.4, 0.5) is 4.79 Å². The number of fused-ring (bicyclic) bond motifs is 3. The number of thioether (sulfide) groups is 1. The van der Waals surface area contributed by atoms with Crippen LogP contribution < -0.4 is 5.32 Å². The molecule has 32 heavy (non-hydrogen) atoms. The zero-order valence-electron chi connectivity index (χ0n) is 18.0. The highest BCUT2D eigenvalue weighted by atomic mass is 32.2. The number of rotatable bonds is 5. The van der Waals surface area contributed by atoms with Crippen LogP contribution in [0.25, 0.3) is 11.1 Å². The van der Waals surface area contributed by atoms with E-state index in [0.717, 1.165) is 22.3 Å². The van der Waals surface area contributed by atoms with Crippen LogP contribution >= 0.6 is 11.8 Å². The first-order chi connectivity index (χ1) is 15.3. The monoisotopic (exact) mass is 454 g/mol. The Kier molecular flexibility index (Phi) is 6.15. The smallest absolute Gasteiger partial charge is 0.408 e. The van der Waals surface area contributed by atoms with E-state index < -0.39 is 22.9 Å². The number of amides is 2. The summed E-state index contributed by atoms with van der Waals surface area (Å²) in [5.74, 6) is -0.779. The predicted molar refractivity (Wildman–Crippen MR) is 123 cm³/mol. The number of carbonyl (C=O) groups is 3. The van der Waals surface area contributed by atoms with Crippen LogP contribution in [-0.2, 0) is 14.3 Å². The first-order valence-corrected chi connectivity index (χ1v) is 11.6. The quantitative estimate of drug-likeness (QED) is 0.720. The Labute approximate surface area is 191 Å². The molecular weight excluding hydrogens is 428 g/mol. The Balaban J connectivity index is 1.40. The number of benzene rings is 2. The van der Waals surface area contributed by atoms with Crippen LogP contribution in [0.5, 0.6) is 0 Å². The van der Waals surface area contributed by atoms with E-state index in [-0.39, 0.29) is 25.0 Å². The molecule has 0 aromatic heterocycles. The largest absolute Gasteiger partial charge is 0.480 e. The van der Waals surface area contributed by atoms with Crippen LogP contribution in [0.2, 0.25) is 0 Å². The summed E-state index contributed by atoms with van der Waals surface area (Å²) >= 11 is 1.32. The zero-order chi connectivity index (χ0) is 22.9. The number of aliphatic carboxylic acids is 1. The van der Waals surface area contributed by atoms with E-state index in [1.165, 1.54) is 16.7 Å². The predicted octanol–water partition coefficient (Wildman–Crippen LogP) is 3.33. The molecule has 0 spiro atoms. The molecule has 0 radical (unpaired) electrons. The molecule has 2 N–H and O–H groups in total. The fourth-order valence-electron chi connectivity index (χ4n) is 4.32. The molecule has 1 aliphatic heterocycles. The number of alkyl carbamates (subject to hydrolysis) is 1. The second-order valence-electron chi connectivity index (χ2n) is 8.52. The third-order valence-electron chi connectivity index (χ3n) is 5.92. The van der Waals surface area contributed by atoms with E-state index in [9.17, 15) is 19.5 Å². The summed E-state index contributed by atoms with van der Waals surface area (Å²) < 4.78 is 5.55. The van der Waals surface area contributed by atoms with E-state index in [1.807, 2.05) is 36.4 Å². The van der Waals surface area contributed by atoms with Crippen molar-refractivity contribution in [2.24, 2.45) is 0 Å². The summed E-state index contributed by atoms with van der Waals surface area (Å²) in [5, 5.41) is 11.3. The SMILES string of the molecule is CC(C)(NC(=O)OCC1c2ccccc2-c2ccccc21)C(=O)N1CCSC(C(=O)O)C1. The van der Waals surface area contributed by atoms with Gasteiger partial charge in [0.2, 0.25) is 5.91 Å². The molecule has 1 aliphatic carbocycles. The minimum Gasteiger partial charge on any atom is -0.480 e. The molecule has 1 fully saturated rings. The van der Waals surface area contributed by atoms with E-state index in [0.29, 0.717) is 12.3 Å². The number of nitrogens with zero attached hydrogens (tertiary/aromatic N) is 1. The molecule has 168 valence electrons. The Morgan fingerprint density at radius 1 is 1.09 bits per heavy atom. The van der Waals surface area contributed by atoms with E-state index in [2.05, 4.69) is 17.4 Å². The average Bonchev–Trinajstić information content (AvgIpc) is 3.10. The van der Waals surface area contributed by atoms with Gasteiger partial charge in [0.25, 0.3) is 0 Å². The van der Waals surface area contributed by atoms with Gasteiger partial charge in [0.05, 0.1) is 0 Å². The Morgan fingerprint density at radius 3 is 2.28 bits per heavy atom. The van der Waals surface area contributed by atoms with Crippen molar-refractivity contribution in [2.75, 3.05) is 25.4 Å². The highest BCUT2D eigenvalue weighted by Gasteiger charge is 2.38. The molecule has 4 rings (SSSR count). The summed E-state index contributed by atoms with van der Waals surface area (Å²) in [7, 11) is 0. The van der Waals surface area contributed by atoms with Gasteiger partial charge in [0, 0.05) is 24.8 Å². The zero-order valence-corrected chi connectivity index (χ0v) is 18.9. The van der Waals surface area contributed by atoms with E-state index in [4.69, 9.17) is 4.74 Å². The van der Waals surface area contributed by atoms with Gasteiger partial charge in [-0.2, -0.15) is 0 Å². The standard InChI is InChI=1S/C24H26N2O5S/c1-24(2,22(29)26-11-12-32-20(13-26)21(27)28)25-23(30)31-14-19-17-9-5-3-7-15(17)16-8-4-6-10-18(16)19/h3-10,19-20H,11-14H2,1-2H3,(H,25,30)(H,27,28). The molecule has 2 aromatic carbocycles. The van der Waals surface area contributed by atoms with Crippen molar-refractivity contribution in [1.29, 1.82) is 0 Å². The lowest BCUT2D eigenvalue weighted by Gasteiger charge is -2.36. The summed E-state index contributed by atoms with van der Waals surface area (Å²) in [4.78, 5) is 38.3. The first-order valence-electron chi connectivity index (χ1n) is 10.5. The summed E-state index contributed by atoms with van der Waals surface area (Å²) in [6.07, 6.45) is -0.675. The van der Waals surface area contributed by atoms with Gasteiger partial charge in [0.15, 0.2) is 0 Å². The summed E-state index contributed by atoms with van der Waals surface area (Å²) in [6.45, 7) is 3.94. The van der Waals surface area contributed by atoms with Crippen molar-refractivity contribution < 1.29 is 24.2 Å². The van der Waals surface area contributed by atoms with E-state index in [1.54, 1.807) is 13.8 Å². The molecule has 1 atom stereocenters. The highest BCUT2D eigenvalue weighted by molar-refractivity contribution is 8.00. The van der Waals surface area contributed by atoms with Gasteiger partial charge < -0.3 is 20.1 Å². The lowest BCUT2D eigenvalue weighted by Crippen LogP contribution is -2.58. The number of carboxylic acid groups (broad SMARTS) is 1. The minimum absolute atomic E-state index is 0.0672. The van der Waals surface area contributed by atoms with Crippen LogP contribution in [0.1, 0.15) is 30.9 Å². The number of hydrogen-bond acceptors (Lipinski definition) is 5. The van der Waals surface area contributed by atoms with Gasteiger partial charge in [-0.15, -0.1) is 11.8 Å². The van der Waals surface area contributed by atoms with Crippen LogP contribution in [0, 0.1) is 0 Å². The Hall–Kier alpha value is -3.00. The third kappa shape index (κ3) is 4.32. The Bertz CT molecular complexity index is 1010. The minimum atomic E-state index is -1.21. The molecule has 2 aromatic rings. The van der Waals surface area contributed by atoms with Crippen molar-refractivity contribution in [1.82, 2.24) is 10.2 Å². The Morgan fingerprint density at radius 2 is 1.69 bits per heavy atom. The van der Waals surface area contributed by atoms with Crippen molar-refractivity contribution >= 4 is 29.7 Å². The maximum absolute atomic E-state index is 13.0. The van der Waals surface area contributed by atoms with Gasteiger partial charge in [-0.1, -0.05) is 48.5 Å². The molecule has 2 amide bonds. The van der Waals surface area contributed by atoms with Gasteiger partial charge in [-0.25, -0.2) is 4.79 Å². The number of hydrogen-bond donors (Lipinski definition) is 2. The number of ether oxygens (including phenoxy) is 1. The lowest BCUT2D eigenvalue weighted by molar-refractivity contribution is -0.140. The number of carboxylic acids is 1. The average molecular weight is 455 g/mol. The normalized spacial score (nSPS) is 17.9. The molecule has 0 saturated carbocycles. The molecule has 0 bridgehead atoms. The fourth-order valence-corrected chi connectivity index (χ4v) is 5.36. The van der Waals surface area contributed by atoms with Crippen molar-refractivity contribution in [3.05, 3.63) is 59.7 Å². The fraction of sp³-hybridized carbons (Fsp3) is 0.375. The van der Waals surface area contributed by atoms with Crippen LogP contribution in [0.15, 0.2) is 48.5 Å². The maximum atomic E-state index is 13.0. The summed E-state index contributed by atoms with van der Waals surface area (Å²) in [5.41, 5.74) is 3.30. The second kappa shape index (κ2) is 8.86. The van der Waals surface area contributed by atoms with Crippen molar-refractivity contribution in [2.45, 2.75) is 30.6 Å². The third-order valence-corrected chi connectivity index (χ3v) is 7.09. The molecule has 8 heteroatoms. The van der Waals surface area contributed by atoms with Crippen molar-refractivity contribution in [3.63, 3.8) is 0 Å². The molecule has 1 heterocycles. The maximum Gasteiger partial charge on any atom is 0.408 e. The topological polar surface area (TPSA) is 95.9 Å². The second-order valence-corrected chi connectivity index (χ2v) is 9.84. The van der Waals surface area contributed by atoms with Crippen LogP contribution in [-0.4, -0.2) is 64.2 Å². The van der Waals surface area contributed by atoms with Gasteiger partial charge in [0.1, 0.15) is 17.4 Å². The molecular formula is C24H26N2O5S. The molecule has 1 unspecified atom stereocenters. The molecule has 7 nitrogen and oxygen atoms in total. The highest BCUT2D eigenvalue weighted by Crippen LogP contribution is 2.44. The lowest BCUT2D eigenvalue weighted by atomic mass is 9.98. The number of carbonyl (C=O) groups excluding carboxylic acids is 2. The van der Waals surface area contributed by atoms with Gasteiger partial charge in [-0.05, 0) is 36.1 Å². The van der Waals surface area contributed by atoms with E-state index >= 15 is 0 Å². The molecule has 1 saturated heterocycles.